The number of carbonyl (C=O) groups excluding carboxylic acids is 1. The molecule has 0 N–H and O–H groups in total. The largest absolute Gasteiger partial charge is 0.336 e. The Labute approximate surface area is 140 Å². The molecule has 1 aliphatic rings. The number of benzene rings is 2. The number of carbonyl (C=O) groups is 1. The van der Waals surface area contributed by atoms with Crippen LogP contribution >= 0.6 is 0 Å². The van der Waals surface area contributed by atoms with Crippen molar-refractivity contribution >= 4 is 5.91 Å². The van der Waals surface area contributed by atoms with E-state index in [-0.39, 0.29) is 11.5 Å². The van der Waals surface area contributed by atoms with Crippen molar-refractivity contribution in [1.29, 1.82) is 0 Å². The van der Waals surface area contributed by atoms with Crippen molar-refractivity contribution in [2.75, 3.05) is 32.7 Å². The molecule has 24 heavy (non-hydrogen) atoms. The van der Waals surface area contributed by atoms with E-state index in [0.29, 0.717) is 13.1 Å². The third-order valence-electron chi connectivity index (χ3n) is 4.33. The fourth-order valence-electron chi connectivity index (χ4n) is 2.97. The predicted octanol–water partition coefficient (Wildman–Crippen LogP) is 2.97. The standard InChI is InChI=1S/C19H20F2N2O/c20-17-12-16(13-18(21)14-17)19(24)23-10-8-22(9-11-23)7-6-15-4-2-1-3-5-15/h1-5,12-14H,6-11H2. The van der Waals surface area contributed by atoms with E-state index in [2.05, 4.69) is 17.0 Å². The second-order valence-corrected chi connectivity index (χ2v) is 6.03. The molecule has 2 aromatic rings. The van der Waals surface area contributed by atoms with Crippen LogP contribution < -0.4 is 0 Å². The van der Waals surface area contributed by atoms with E-state index in [1.807, 2.05) is 18.2 Å². The second kappa shape index (κ2) is 7.53. The first kappa shape index (κ1) is 16.6. The zero-order valence-electron chi connectivity index (χ0n) is 13.4. The average Bonchev–Trinajstić information content (AvgIpc) is 2.60. The van der Waals surface area contributed by atoms with Crippen LogP contribution in [-0.4, -0.2) is 48.4 Å². The second-order valence-electron chi connectivity index (χ2n) is 6.03. The molecule has 126 valence electrons. The summed E-state index contributed by atoms with van der Waals surface area (Å²) in [6.07, 6.45) is 0.976. The number of amides is 1. The highest BCUT2D eigenvalue weighted by atomic mass is 19.1. The molecule has 0 atom stereocenters. The van der Waals surface area contributed by atoms with Gasteiger partial charge in [0, 0.05) is 44.4 Å². The van der Waals surface area contributed by atoms with Gasteiger partial charge < -0.3 is 4.90 Å². The Bertz CT molecular complexity index is 678. The lowest BCUT2D eigenvalue weighted by Gasteiger charge is -2.34. The number of hydrogen-bond donors (Lipinski definition) is 0. The number of halogens is 2. The van der Waals surface area contributed by atoms with Crippen LogP contribution in [0.3, 0.4) is 0 Å². The van der Waals surface area contributed by atoms with Gasteiger partial charge >= 0.3 is 0 Å². The van der Waals surface area contributed by atoms with Crippen LogP contribution in [0.4, 0.5) is 8.78 Å². The highest BCUT2D eigenvalue weighted by Gasteiger charge is 2.22. The number of nitrogens with zero attached hydrogens (tertiary/aromatic N) is 2. The maximum Gasteiger partial charge on any atom is 0.254 e. The lowest BCUT2D eigenvalue weighted by Crippen LogP contribution is -2.49. The lowest BCUT2D eigenvalue weighted by atomic mass is 10.1. The van der Waals surface area contributed by atoms with Gasteiger partial charge in [-0.3, -0.25) is 9.69 Å². The molecule has 1 saturated heterocycles. The van der Waals surface area contributed by atoms with Gasteiger partial charge in [0.25, 0.3) is 5.91 Å². The molecule has 0 radical (unpaired) electrons. The van der Waals surface area contributed by atoms with Gasteiger partial charge in [0.15, 0.2) is 0 Å². The van der Waals surface area contributed by atoms with E-state index in [1.54, 1.807) is 4.90 Å². The van der Waals surface area contributed by atoms with Crippen LogP contribution in [0, 0.1) is 11.6 Å². The molecule has 1 amide bonds. The summed E-state index contributed by atoms with van der Waals surface area (Å²) in [6, 6.07) is 13.2. The van der Waals surface area contributed by atoms with Crippen molar-refractivity contribution in [1.82, 2.24) is 9.80 Å². The topological polar surface area (TPSA) is 23.6 Å². The molecule has 1 heterocycles. The summed E-state index contributed by atoms with van der Waals surface area (Å²) < 4.78 is 26.5. The van der Waals surface area contributed by atoms with Crippen molar-refractivity contribution < 1.29 is 13.6 Å². The van der Waals surface area contributed by atoms with Crippen molar-refractivity contribution in [3.63, 3.8) is 0 Å². The molecule has 0 aliphatic carbocycles. The Morgan fingerprint density at radius 2 is 1.54 bits per heavy atom. The predicted molar refractivity (Wildman–Crippen MR) is 88.8 cm³/mol. The number of hydrogen-bond acceptors (Lipinski definition) is 2. The molecule has 0 unspecified atom stereocenters. The Balaban J connectivity index is 1.52. The zero-order chi connectivity index (χ0) is 16.9. The van der Waals surface area contributed by atoms with Crippen LogP contribution in [-0.2, 0) is 6.42 Å². The molecule has 2 aromatic carbocycles. The van der Waals surface area contributed by atoms with Crippen molar-refractivity contribution in [2.45, 2.75) is 6.42 Å². The van der Waals surface area contributed by atoms with Crippen molar-refractivity contribution in [3.05, 3.63) is 71.3 Å². The monoisotopic (exact) mass is 330 g/mol. The quantitative estimate of drug-likeness (QED) is 0.860. The summed E-state index contributed by atoms with van der Waals surface area (Å²) in [5.41, 5.74) is 1.37. The van der Waals surface area contributed by atoms with Crippen LogP contribution in [0.2, 0.25) is 0 Å². The smallest absolute Gasteiger partial charge is 0.254 e. The Morgan fingerprint density at radius 3 is 2.17 bits per heavy atom. The fourth-order valence-corrected chi connectivity index (χ4v) is 2.97. The summed E-state index contributed by atoms with van der Waals surface area (Å²) in [6.45, 7) is 3.64. The first-order chi connectivity index (χ1) is 11.6. The molecule has 3 nitrogen and oxygen atoms in total. The lowest BCUT2D eigenvalue weighted by molar-refractivity contribution is 0.0637. The summed E-state index contributed by atoms with van der Waals surface area (Å²) in [4.78, 5) is 16.3. The van der Waals surface area contributed by atoms with E-state index in [1.165, 1.54) is 5.56 Å². The third kappa shape index (κ3) is 4.17. The molecule has 0 spiro atoms. The average molecular weight is 330 g/mol. The first-order valence-corrected chi connectivity index (χ1v) is 8.13. The normalized spacial score (nSPS) is 15.5. The molecule has 3 rings (SSSR count). The summed E-state index contributed by atoms with van der Waals surface area (Å²) in [5.74, 6) is -1.75. The molecule has 1 fully saturated rings. The molecular formula is C19H20F2N2O. The SMILES string of the molecule is O=C(c1cc(F)cc(F)c1)N1CCN(CCc2ccccc2)CC1. The van der Waals surface area contributed by atoms with Crippen LogP contribution in [0.1, 0.15) is 15.9 Å². The highest BCUT2D eigenvalue weighted by molar-refractivity contribution is 5.94. The van der Waals surface area contributed by atoms with Gasteiger partial charge in [0.05, 0.1) is 0 Å². The molecular weight excluding hydrogens is 310 g/mol. The molecule has 0 saturated carbocycles. The van der Waals surface area contributed by atoms with Gasteiger partial charge in [0.1, 0.15) is 11.6 Å². The van der Waals surface area contributed by atoms with Crippen LogP contribution in [0.15, 0.2) is 48.5 Å². The van der Waals surface area contributed by atoms with Gasteiger partial charge in [-0.05, 0) is 24.1 Å². The molecule has 5 heteroatoms. The minimum atomic E-state index is -0.722. The van der Waals surface area contributed by atoms with E-state index in [0.717, 1.165) is 44.3 Å². The van der Waals surface area contributed by atoms with E-state index < -0.39 is 11.6 Å². The minimum absolute atomic E-state index is 0.0743. The summed E-state index contributed by atoms with van der Waals surface area (Å²) >= 11 is 0. The fraction of sp³-hybridized carbons (Fsp3) is 0.316. The summed E-state index contributed by atoms with van der Waals surface area (Å²) in [7, 11) is 0. The minimum Gasteiger partial charge on any atom is -0.336 e. The van der Waals surface area contributed by atoms with Gasteiger partial charge in [0.2, 0.25) is 0 Å². The van der Waals surface area contributed by atoms with Gasteiger partial charge in [-0.1, -0.05) is 30.3 Å². The summed E-state index contributed by atoms with van der Waals surface area (Å²) in [5, 5.41) is 0. The molecule has 0 aromatic heterocycles. The van der Waals surface area contributed by atoms with Gasteiger partial charge in [-0.2, -0.15) is 0 Å². The first-order valence-electron chi connectivity index (χ1n) is 8.13. The van der Waals surface area contributed by atoms with Crippen LogP contribution in [0.5, 0.6) is 0 Å². The Morgan fingerprint density at radius 1 is 0.917 bits per heavy atom. The molecule has 0 bridgehead atoms. The number of piperazine rings is 1. The third-order valence-corrected chi connectivity index (χ3v) is 4.33. The van der Waals surface area contributed by atoms with Gasteiger partial charge in [-0.15, -0.1) is 0 Å². The zero-order valence-corrected chi connectivity index (χ0v) is 13.4. The van der Waals surface area contributed by atoms with E-state index in [4.69, 9.17) is 0 Å². The van der Waals surface area contributed by atoms with E-state index >= 15 is 0 Å². The van der Waals surface area contributed by atoms with E-state index in [9.17, 15) is 13.6 Å². The number of rotatable bonds is 4. The maximum absolute atomic E-state index is 13.3. The van der Waals surface area contributed by atoms with Crippen molar-refractivity contribution in [2.24, 2.45) is 0 Å². The Kier molecular flexibility index (Phi) is 5.20. The molecule has 1 aliphatic heterocycles. The maximum atomic E-state index is 13.3. The van der Waals surface area contributed by atoms with Gasteiger partial charge in [-0.25, -0.2) is 8.78 Å². The van der Waals surface area contributed by atoms with Crippen molar-refractivity contribution in [3.8, 4) is 0 Å². The highest BCUT2D eigenvalue weighted by Crippen LogP contribution is 2.13. The Hall–Kier alpha value is -2.27. The van der Waals surface area contributed by atoms with Crippen LogP contribution in [0.25, 0.3) is 0 Å².